The van der Waals surface area contributed by atoms with Crippen LogP contribution in [-0.2, 0) is 9.59 Å². The quantitative estimate of drug-likeness (QED) is 0.681. The average molecular weight is 306 g/mol. The van der Waals surface area contributed by atoms with E-state index in [1.165, 1.54) is 6.07 Å². The van der Waals surface area contributed by atoms with E-state index in [0.717, 1.165) is 6.20 Å². The zero-order valence-electron chi connectivity index (χ0n) is 9.39. The van der Waals surface area contributed by atoms with Crippen LogP contribution >= 0.6 is 23.2 Å². The van der Waals surface area contributed by atoms with Crippen LogP contribution < -0.4 is 11.1 Å². The molecule has 0 bridgehead atoms. The maximum absolute atomic E-state index is 11.8. The van der Waals surface area contributed by atoms with Crippen molar-refractivity contribution in [2.45, 2.75) is 12.5 Å². The van der Waals surface area contributed by atoms with Crippen molar-refractivity contribution in [3.8, 4) is 0 Å². The van der Waals surface area contributed by atoms with Gasteiger partial charge in [0.05, 0.1) is 17.0 Å². The molecule has 0 aromatic carbocycles. The summed E-state index contributed by atoms with van der Waals surface area (Å²) in [6, 6.07) is -0.254. The van der Waals surface area contributed by atoms with E-state index in [4.69, 9.17) is 34.0 Å². The Balaban J connectivity index is 2.90. The molecule has 0 unspecified atom stereocenters. The second kappa shape index (κ2) is 6.35. The van der Waals surface area contributed by atoms with E-state index in [1.54, 1.807) is 0 Å². The second-order valence-electron chi connectivity index (χ2n) is 3.52. The number of primary amides is 1. The number of carboxylic acid groups (broad SMARTS) is 1. The fourth-order valence-electron chi connectivity index (χ4n) is 1.22. The summed E-state index contributed by atoms with van der Waals surface area (Å²) in [4.78, 5) is 37.0. The number of rotatable bonds is 5. The van der Waals surface area contributed by atoms with E-state index in [-0.39, 0.29) is 15.7 Å². The Bertz CT molecular complexity index is 536. The van der Waals surface area contributed by atoms with Crippen LogP contribution in [0.3, 0.4) is 0 Å². The lowest BCUT2D eigenvalue weighted by Crippen LogP contribution is -2.43. The summed E-state index contributed by atoms with van der Waals surface area (Å²) in [6.07, 6.45) is 0.625. The number of aliphatic carboxylic acids is 1. The predicted molar refractivity (Wildman–Crippen MR) is 67.0 cm³/mol. The summed E-state index contributed by atoms with van der Waals surface area (Å²) in [6.45, 7) is 0. The Morgan fingerprint density at radius 1 is 1.42 bits per heavy atom. The number of halogens is 2. The van der Waals surface area contributed by atoms with Crippen LogP contribution in [0.15, 0.2) is 12.3 Å². The third-order valence-electron chi connectivity index (χ3n) is 2.08. The monoisotopic (exact) mass is 305 g/mol. The predicted octanol–water partition coefficient (Wildman–Crippen LogP) is 0.447. The lowest BCUT2D eigenvalue weighted by atomic mass is 10.1. The zero-order chi connectivity index (χ0) is 14.6. The number of aromatic nitrogens is 1. The van der Waals surface area contributed by atoms with Gasteiger partial charge in [0.25, 0.3) is 5.91 Å². The Morgan fingerprint density at radius 2 is 2.05 bits per heavy atom. The summed E-state index contributed by atoms with van der Waals surface area (Å²) in [5.41, 5.74) is 4.84. The molecule has 102 valence electrons. The van der Waals surface area contributed by atoms with E-state index in [0.29, 0.717) is 0 Å². The fourth-order valence-corrected chi connectivity index (χ4v) is 1.57. The molecule has 9 heteroatoms. The van der Waals surface area contributed by atoms with Crippen molar-refractivity contribution >= 4 is 41.0 Å². The molecule has 1 rings (SSSR count). The van der Waals surface area contributed by atoms with Crippen molar-refractivity contribution in [3.63, 3.8) is 0 Å². The van der Waals surface area contributed by atoms with Crippen LogP contribution in [0.2, 0.25) is 10.2 Å². The van der Waals surface area contributed by atoms with Gasteiger partial charge in [0.15, 0.2) is 0 Å². The van der Waals surface area contributed by atoms with E-state index >= 15 is 0 Å². The molecule has 1 aromatic heterocycles. The summed E-state index contributed by atoms with van der Waals surface area (Å²) in [5.74, 6) is -3.03. The summed E-state index contributed by atoms with van der Waals surface area (Å²) in [7, 11) is 0. The Morgan fingerprint density at radius 3 is 2.58 bits per heavy atom. The molecule has 0 aliphatic heterocycles. The molecule has 0 saturated heterocycles. The summed E-state index contributed by atoms with van der Waals surface area (Å²) in [5, 5.41) is 11.0. The molecule has 4 N–H and O–H groups in total. The van der Waals surface area contributed by atoms with Gasteiger partial charge in [-0.15, -0.1) is 0 Å². The van der Waals surface area contributed by atoms with Gasteiger partial charge in [0, 0.05) is 6.20 Å². The van der Waals surface area contributed by atoms with Gasteiger partial charge in [0.1, 0.15) is 11.2 Å². The number of hydrogen-bond acceptors (Lipinski definition) is 4. The van der Waals surface area contributed by atoms with Gasteiger partial charge in [-0.2, -0.15) is 0 Å². The fraction of sp³-hybridized carbons (Fsp3) is 0.200. The Kier molecular flexibility index (Phi) is 5.08. The third-order valence-corrected chi connectivity index (χ3v) is 2.58. The maximum Gasteiger partial charge on any atom is 0.326 e. The van der Waals surface area contributed by atoms with E-state index in [2.05, 4.69) is 10.3 Å². The number of hydrogen-bond donors (Lipinski definition) is 3. The molecule has 0 spiro atoms. The minimum atomic E-state index is -1.44. The van der Waals surface area contributed by atoms with E-state index in [9.17, 15) is 14.4 Å². The molecule has 0 aliphatic carbocycles. The lowest BCUT2D eigenvalue weighted by molar-refractivity contribution is -0.140. The van der Waals surface area contributed by atoms with Crippen LogP contribution in [0.5, 0.6) is 0 Å². The van der Waals surface area contributed by atoms with Gasteiger partial charge in [-0.1, -0.05) is 23.2 Å². The molecular formula is C10H9Cl2N3O4. The molecule has 7 nitrogen and oxygen atoms in total. The van der Waals surface area contributed by atoms with Crippen LogP contribution in [-0.4, -0.2) is 33.9 Å². The zero-order valence-corrected chi connectivity index (χ0v) is 10.9. The molecule has 0 saturated carbocycles. The molecule has 0 fully saturated rings. The minimum absolute atomic E-state index is 0.00473. The van der Waals surface area contributed by atoms with Gasteiger partial charge in [-0.05, 0) is 6.07 Å². The maximum atomic E-state index is 11.8. The first-order valence-corrected chi connectivity index (χ1v) is 5.70. The van der Waals surface area contributed by atoms with Gasteiger partial charge in [-0.25, -0.2) is 9.78 Å². The molecular weight excluding hydrogens is 297 g/mol. The molecule has 1 aromatic rings. The SMILES string of the molecule is NC(=O)C[C@H](NC(=O)c1cc(Cl)ncc1Cl)C(=O)O. The van der Waals surface area contributed by atoms with Crippen LogP contribution in [0, 0.1) is 0 Å². The number of nitrogens with one attached hydrogen (secondary N) is 1. The van der Waals surface area contributed by atoms with Crippen LogP contribution in [0.1, 0.15) is 16.8 Å². The number of nitrogens with zero attached hydrogens (tertiary/aromatic N) is 1. The van der Waals surface area contributed by atoms with Crippen molar-refractivity contribution in [2.75, 3.05) is 0 Å². The number of carbonyl (C=O) groups excluding carboxylic acids is 2. The van der Waals surface area contributed by atoms with E-state index < -0.39 is 30.2 Å². The third kappa shape index (κ3) is 4.38. The van der Waals surface area contributed by atoms with Crippen molar-refractivity contribution in [1.82, 2.24) is 10.3 Å². The first-order chi connectivity index (χ1) is 8.81. The average Bonchev–Trinajstić information content (AvgIpc) is 2.30. The highest BCUT2D eigenvalue weighted by Crippen LogP contribution is 2.18. The lowest BCUT2D eigenvalue weighted by Gasteiger charge is -2.13. The Hall–Kier alpha value is -1.86. The topological polar surface area (TPSA) is 122 Å². The summed E-state index contributed by atoms with van der Waals surface area (Å²) >= 11 is 11.3. The number of pyridine rings is 1. The molecule has 1 heterocycles. The first-order valence-electron chi connectivity index (χ1n) is 4.94. The summed E-state index contributed by atoms with van der Waals surface area (Å²) < 4.78 is 0. The normalized spacial score (nSPS) is 11.7. The van der Waals surface area contributed by atoms with E-state index in [1.807, 2.05) is 0 Å². The van der Waals surface area contributed by atoms with Crippen molar-refractivity contribution in [3.05, 3.63) is 28.0 Å². The molecule has 0 radical (unpaired) electrons. The van der Waals surface area contributed by atoms with Crippen molar-refractivity contribution in [1.29, 1.82) is 0 Å². The highest BCUT2D eigenvalue weighted by Gasteiger charge is 2.23. The van der Waals surface area contributed by atoms with Gasteiger partial charge < -0.3 is 16.2 Å². The van der Waals surface area contributed by atoms with Crippen LogP contribution in [0.25, 0.3) is 0 Å². The highest BCUT2D eigenvalue weighted by atomic mass is 35.5. The van der Waals surface area contributed by atoms with Gasteiger partial charge in [-0.3, -0.25) is 9.59 Å². The van der Waals surface area contributed by atoms with Gasteiger partial charge >= 0.3 is 5.97 Å². The number of carboxylic acids is 1. The van der Waals surface area contributed by atoms with Crippen LogP contribution in [0.4, 0.5) is 0 Å². The largest absolute Gasteiger partial charge is 0.480 e. The molecule has 19 heavy (non-hydrogen) atoms. The minimum Gasteiger partial charge on any atom is -0.480 e. The highest BCUT2D eigenvalue weighted by molar-refractivity contribution is 6.35. The molecule has 0 aliphatic rings. The first kappa shape index (κ1) is 15.2. The second-order valence-corrected chi connectivity index (χ2v) is 4.32. The number of carbonyl (C=O) groups is 3. The molecule has 1 atom stereocenters. The van der Waals surface area contributed by atoms with Crippen molar-refractivity contribution < 1.29 is 19.5 Å². The smallest absolute Gasteiger partial charge is 0.326 e. The van der Waals surface area contributed by atoms with Crippen molar-refractivity contribution in [2.24, 2.45) is 5.73 Å². The number of amides is 2. The molecule has 2 amide bonds. The number of nitrogens with two attached hydrogens (primary N) is 1. The standard InChI is InChI=1S/C10H9Cl2N3O4/c11-5-3-14-7(12)1-4(5)9(17)15-6(10(18)19)2-8(13)16/h1,3,6H,2H2,(H2,13,16)(H,15,17)(H,18,19)/t6-/m0/s1. The Labute approximate surface area is 117 Å². The van der Waals surface area contributed by atoms with Gasteiger partial charge in [0.2, 0.25) is 5.91 Å².